The summed E-state index contributed by atoms with van der Waals surface area (Å²) in [5, 5.41) is 10.6. The quantitative estimate of drug-likeness (QED) is 0.564. The molecule has 2 heterocycles. The van der Waals surface area contributed by atoms with E-state index in [0.717, 1.165) is 18.2 Å². The van der Waals surface area contributed by atoms with Crippen LogP contribution in [0.2, 0.25) is 0 Å². The van der Waals surface area contributed by atoms with Crippen molar-refractivity contribution in [3.63, 3.8) is 0 Å². The molecule has 0 bridgehead atoms. The summed E-state index contributed by atoms with van der Waals surface area (Å²) in [6.45, 7) is 1.71. The number of hydrogen-bond acceptors (Lipinski definition) is 2. The Morgan fingerprint density at radius 2 is 2.58 bits per heavy atom. The van der Waals surface area contributed by atoms with Crippen LogP contribution >= 0.6 is 12.2 Å². The Labute approximate surface area is 76.0 Å². The van der Waals surface area contributed by atoms with E-state index < -0.39 is 0 Å². The molecule has 64 valence electrons. The van der Waals surface area contributed by atoms with Crippen LogP contribution in [0.1, 0.15) is 11.3 Å². The first kappa shape index (κ1) is 7.54. The monoisotopic (exact) mass is 182 g/mol. The van der Waals surface area contributed by atoms with Gasteiger partial charge in [-0.15, -0.1) is 0 Å². The van der Waals surface area contributed by atoms with Gasteiger partial charge in [-0.2, -0.15) is 5.10 Å². The van der Waals surface area contributed by atoms with Crippen LogP contribution in [0.4, 0.5) is 0 Å². The number of rotatable bonds is 0. The third kappa shape index (κ3) is 1.06. The minimum atomic E-state index is 0.791. The van der Waals surface area contributed by atoms with Gasteiger partial charge in [0.25, 0.3) is 0 Å². The van der Waals surface area contributed by atoms with E-state index in [9.17, 15) is 0 Å². The molecule has 0 unspecified atom stereocenters. The lowest BCUT2D eigenvalue weighted by Crippen LogP contribution is -2.33. The van der Waals surface area contributed by atoms with E-state index in [2.05, 4.69) is 20.4 Å². The Morgan fingerprint density at radius 1 is 1.75 bits per heavy atom. The van der Waals surface area contributed by atoms with E-state index >= 15 is 0 Å². The van der Waals surface area contributed by atoms with Crippen molar-refractivity contribution in [3.8, 4) is 0 Å². The van der Waals surface area contributed by atoms with Gasteiger partial charge in [0, 0.05) is 19.2 Å². The molecule has 0 aliphatic carbocycles. The Kier molecular flexibility index (Phi) is 1.73. The number of fused-ring (bicyclic) bond motifs is 1. The Hall–Kier alpha value is -1.10. The standard InChI is InChI=1S/C7H10N4S/c1-8-7(12)11-3-5-2-9-10-6(5)4-11/h2H,3-4H2,1H3,(H,8,12)(H,9,10). The van der Waals surface area contributed by atoms with Gasteiger partial charge in [0.2, 0.25) is 0 Å². The van der Waals surface area contributed by atoms with Crippen molar-refractivity contribution < 1.29 is 0 Å². The fourth-order valence-corrected chi connectivity index (χ4v) is 1.49. The average Bonchev–Trinajstić information content (AvgIpc) is 2.60. The fourth-order valence-electron chi connectivity index (χ4n) is 1.37. The molecular formula is C7H10N4S. The van der Waals surface area contributed by atoms with Gasteiger partial charge in [-0.1, -0.05) is 0 Å². The van der Waals surface area contributed by atoms with Crippen LogP contribution in [-0.2, 0) is 13.1 Å². The SMILES string of the molecule is CNC(=S)N1Cc2cn[nH]c2C1. The third-order valence-corrected chi connectivity index (χ3v) is 2.48. The van der Waals surface area contributed by atoms with E-state index in [1.807, 2.05) is 13.2 Å². The molecule has 12 heavy (non-hydrogen) atoms. The van der Waals surface area contributed by atoms with Gasteiger partial charge in [0.1, 0.15) is 0 Å². The van der Waals surface area contributed by atoms with E-state index in [0.29, 0.717) is 0 Å². The maximum absolute atomic E-state index is 5.11. The molecule has 0 spiro atoms. The van der Waals surface area contributed by atoms with Crippen molar-refractivity contribution >= 4 is 17.3 Å². The molecule has 1 aromatic rings. The predicted molar refractivity (Wildman–Crippen MR) is 49.5 cm³/mol. The van der Waals surface area contributed by atoms with E-state index in [4.69, 9.17) is 12.2 Å². The highest BCUT2D eigenvalue weighted by Crippen LogP contribution is 2.19. The lowest BCUT2D eigenvalue weighted by Gasteiger charge is -2.17. The Morgan fingerprint density at radius 3 is 3.25 bits per heavy atom. The van der Waals surface area contributed by atoms with Crippen molar-refractivity contribution in [2.75, 3.05) is 7.05 Å². The predicted octanol–water partition coefficient (Wildman–Crippen LogP) is 0.230. The van der Waals surface area contributed by atoms with Crippen LogP contribution in [0.15, 0.2) is 6.20 Å². The van der Waals surface area contributed by atoms with Crippen molar-refractivity contribution in [3.05, 3.63) is 17.5 Å². The smallest absolute Gasteiger partial charge is 0.169 e. The Bertz CT molecular complexity index is 286. The second-order valence-corrected chi connectivity index (χ2v) is 3.17. The van der Waals surface area contributed by atoms with Crippen LogP contribution in [-0.4, -0.2) is 27.3 Å². The molecule has 0 fully saturated rings. The summed E-state index contributed by atoms with van der Waals surface area (Å²) in [7, 11) is 1.84. The summed E-state index contributed by atoms with van der Waals surface area (Å²) in [5.74, 6) is 0. The van der Waals surface area contributed by atoms with Gasteiger partial charge in [-0.05, 0) is 12.2 Å². The number of aromatic amines is 1. The molecule has 5 heteroatoms. The molecule has 0 atom stereocenters. The highest BCUT2D eigenvalue weighted by atomic mass is 32.1. The van der Waals surface area contributed by atoms with Crippen LogP contribution < -0.4 is 5.32 Å². The molecule has 2 rings (SSSR count). The lowest BCUT2D eigenvalue weighted by atomic mass is 10.3. The molecule has 0 aromatic carbocycles. The number of hydrogen-bond donors (Lipinski definition) is 2. The molecule has 0 saturated carbocycles. The highest BCUT2D eigenvalue weighted by Gasteiger charge is 2.21. The molecule has 1 aliphatic heterocycles. The molecule has 0 saturated heterocycles. The third-order valence-electron chi connectivity index (χ3n) is 2.02. The van der Waals surface area contributed by atoms with Gasteiger partial charge in [-0.3, -0.25) is 5.10 Å². The maximum atomic E-state index is 5.11. The zero-order valence-electron chi connectivity index (χ0n) is 6.79. The number of nitrogens with one attached hydrogen (secondary N) is 2. The summed E-state index contributed by atoms with van der Waals surface area (Å²) in [4.78, 5) is 2.10. The summed E-state index contributed by atoms with van der Waals surface area (Å²) in [5.41, 5.74) is 2.42. The van der Waals surface area contributed by atoms with Crippen molar-refractivity contribution in [2.45, 2.75) is 13.1 Å². The van der Waals surface area contributed by atoms with Gasteiger partial charge >= 0.3 is 0 Å². The average molecular weight is 182 g/mol. The van der Waals surface area contributed by atoms with E-state index in [-0.39, 0.29) is 0 Å². The second-order valence-electron chi connectivity index (χ2n) is 2.79. The van der Waals surface area contributed by atoms with Crippen molar-refractivity contribution in [1.82, 2.24) is 20.4 Å². The summed E-state index contributed by atoms with van der Waals surface area (Å²) in [6, 6.07) is 0. The summed E-state index contributed by atoms with van der Waals surface area (Å²) in [6.07, 6.45) is 1.85. The topological polar surface area (TPSA) is 44.0 Å². The van der Waals surface area contributed by atoms with Gasteiger partial charge in [0.05, 0.1) is 18.4 Å². The van der Waals surface area contributed by atoms with Gasteiger partial charge < -0.3 is 10.2 Å². The van der Waals surface area contributed by atoms with E-state index in [1.165, 1.54) is 11.3 Å². The minimum absolute atomic E-state index is 0.791. The van der Waals surface area contributed by atoms with Gasteiger partial charge in [0.15, 0.2) is 5.11 Å². The first-order valence-electron chi connectivity index (χ1n) is 3.79. The second kappa shape index (κ2) is 2.75. The number of aromatic nitrogens is 2. The molecule has 0 amide bonds. The van der Waals surface area contributed by atoms with Crippen LogP contribution in [0, 0.1) is 0 Å². The van der Waals surface area contributed by atoms with Crippen LogP contribution in [0.3, 0.4) is 0 Å². The lowest BCUT2D eigenvalue weighted by molar-refractivity contribution is 0.436. The first-order chi connectivity index (χ1) is 5.81. The van der Waals surface area contributed by atoms with Crippen molar-refractivity contribution in [2.24, 2.45) is 0 Å². The highest BCUT2D eigenvalue weighted by molar-refractivity contribution is 7.80. The number of nitrogens with zero attached hydrogens (tertiary/aromatic N) is 2. The summed E-state index contributed by atoms with van der Waals surface area (Å²) < 4.78 is 0. The minimum Gasteiger partial charge on any atom is -0.366 e. The zero-order chi connectivity index (χ0) is 8.55. The maximum Gasteiger partial charge on any atom is 0.169 e. The normalized spacial score (nSPS) is 14.6. The molecule has 1 aliphatic rings. The van der Waals surface area contributed by atoms with Gasteiger partial charge in [-0.25, -0.2) is 0 Å². The Balaban J connectivity index is 2.12. The first-order valence-corrected chi connectivity index (χ1v) is 4.20. The molecule has 1 aromatic heterocycles. The molecule has 4 nitrogen and oxygen atoms in total. The summed E-state index contributed by atoms with van der Waals surface area (Å²) >= 11 is 5.11. The molecule has 2 N–H and O–H groups in total. The fraction of sp³-hybridized carbons (Fsp3) is 0.429. The van der Waals surface area contributed by atoms with Crippen LogP contribution in [0.5, 0.6) is 0 Å². The number of thiocarbonyl (C=S) groups is 1. The number of H-pyrrole nitrogens is 1. The van der Waals surface area contributed by atoms with E-state index in [1.54, 1.807) is 0 Å². The van der Waals surface area contributed by atoms with Crippen molar-refractivity contribution in [1.29, 1.82) is 0 Å². The largest absolute Gasteiger partial charge is 0.366 e. The molecular weight excluding hydrogens is 172 g/mol. The molecule has 0 radical (unpaired) electrons. The van der Waals surface area contributed by atoms with Crippen LogP contribution in [0.25, 0.3) is 0 Å². The zero-order valence-corrected chi connectivity index (χ0v) is 7.61.